The van der Waals surface area contributed by atoms with E-state index in [0.29, 0.717) is 5.82 Å². The van der Waals surface area contributed by atoms with Gasteiger partial charge in [-0.05, 0) is 39.0 Å². The van der Waals surface area contributed by atoms with E-state index in [9.17, 15) is 4.79 Å². The van der Waals surface area contributed by atoms with E-state index in [1.165, 1.54) is 6.20 Å². The van der Waals surface area contributed by atoms with Crippen LogP contribution in [0.25, 0.3) is 0 Å². The molecule has 0 atom stereocenters. The first-order chi connectivity index (χ1) is 10.0. The van der Waals surface area contributed by atoms with Crippen molar-refractivity contribution >= 4 is 17.5 Å². The third-order valence-corrected chi connectivity index (χ3v) is 3.65. The van der Waals surface area contributed by atoms with Gasteiger partial charge in [0, 0.05) is 13.1 Å². The van der Waals surface area contributed by atoms with Crippen LogP contribution in [0.15, 0.2) is 12.3 Å². The number of rotatable bonds is 9. The summed E-state index contributed by atoms with van der Waals surface area (Å²) in [6.07, 6.45) is 2.44. The minimum absolute atomic E-state index is 0.113. The van der Waals surface area contributed by atoms with Crippen LogP contribution in [0, 0.1) is 0 Å². The summed E-state index contributed by atoms with van der Waals surface area (Å²) in [6.45, 7) is 11.1. The zero-order chi connectivity index (χ0) is 15.8. The van der Waals surface area contributed by atoms with E-state index in [1.54, 1.807) is 6.07 Å². The van der Waals surface area contributed by atoms with Gasteiger partial charge in [0.25, 0.3) is 0 Å². The molecule has 3 N–H and O–H groups in total. The van der Waals surface area contributed by atoms with E-state index < -0.39 is 5.97 Å². The second kappa shape index (κ2) is 8.46. The summed E-state index contributed by atoms with van der Waals surface area (Å²) in [6, 6.07) is 1.55. The van der Waals surface area contributed by atoms with Gasteiger partial charge >= 0.3 is 5.97 Å². The number of pyridine rings is 1. The fourth-order valence-electron chi connectivity index (χ4n) is 2.27. The molecule has 0 fully saturated rings. The molecular weight excluding hydrogens is 268 g/mol. The van der Waals surface area contributed by atoms with E-state index in [2.05, 4.69) is 28.6 Å². The Morgan fingerprint density at radius 1 is 1.24 bits per heavy atom. The molecule has 0 bridgehead atoms. The van der Waals surface area contributed by atoms with Crippen molar-refractivity contribution in [1.29, 1.82) is 0 Å². The lowest BCUT2D eigenvalue weighted by atomic mass is 10.2. The molecule has 118 valence electrons. The Kier molecular flexibility index (Phi) is 6.94. The van der Waals surface area contributed by atoms with Crippen molar-refractivity contribution in [2.45, 2.75) is 27.2 Å². The fourth-order valence-corrected chi connectivity index (χ4v) is 2.27. The lowest BCUT2D eigenvalue weighted by Gasteiger charge is -2.24. The highest BCUT2D eigenvalue weighted by atomic mass is 16.4. The van der Waals surface area contributed by atoms with Gasteiger partial charge in [0.1, 0.15) is 5.82 Å². The maximum Gasteiger partial charge on any atom is 0.337 e. The van der Waals surface area contributed by atoms with Crippen LogP contribution >= 0.6 is 0 Å². The summed E-state index contributed by atoms with van der Waals surface area (Å²) >= 11 is 0. The summed E-state index contributed by atoms with van der Waals surface area (Å²) in [5, 5.41) is 9.12. The van der Waals surface area contributed by atoms with Gasteiger partial charge < -0.3 is 20.6 Å². The van der Waals surface area contributed by atoms with E-state index in [4.69, 9.17) is 10.8 Å². The van der Waals surface area contributed by atoms with Crippen LogP contribution in [-0.4, -0.2) is 53.7 Å². The zero-order valence-corrected chi connectivity index (χ0v) is 13.2. The lowest BCUT2D eigenvalue weighted by molar-refractivity contribution is 0.0698. The van der Waals surface area contributed by atoms with Crippen molar-refractivity contribution in [2.24, 2.45) is 0 Å². The average Bonchev–Trinajstić information content (AvgIpc) is 2.48. The van der Waals surface area contributed by atoms with Crippen LogP contribution in [0.5, 0.6) is 0 Å². The summed E-state index contributed by atoms with van der Waals surface area (Å²) < 4.78 is 0. The van der Waals surface area contributed by atoms with Crippen LogP contribution in [-0.2, 0) is 0 Å². The van der Waals surface area contributed by atoms with Crippen molar-refractivity contribution in [1.82, 2.24) is 9.88 Å². The van der Waals surface area contributed by atoms with E-state index in [1.807, 2.05) is 6.92 Å². The highest BCUT2D eigenvalue weighted by molar-refractivity contribution is 5.94. The molecule has 0 saturated carbocycles. The number of anilines is 2. The number of carbonyl (C=O) groups is 1. The molecule has 21 heavy (non-hydrogen) atoms. The Balaban J connectivity index is 2.72. The molecule has 1 heterocycles. The number of nitrogen functional groups attached to an aromatic ring is 1. The van der Waals surface area contributed by atoms with Gasteiger partial charge in [-0.25, -0.2) is 9.78 Å². The molecule has 0 unspecified atom stereocenters. The number of carboxylic acid groups (broad SMARTS) is 1. The third kappa shape index (κ3) is 4.90. The predicted molar refractivity (Wildman–Crippen MR) is 85.9 cm³/mol. The molecule has 0 aliphatic rings. The molecule has 0 radical (unpaired) electrons. The largest absolute Gasteiger partial charge is 0.478 e. The van der Waals surface area contributed by atoms with Gasteiger partial charge in [0.2, 0.25) is 0 Å². The normalized spacial score (nSPS) is 10.9. The zero-order valence-electron chi connectivity index (χ0n) is 13.2. The minimum atomic E-state index is -1.02. The molecular formula is C15H26N4O2. The number of hydrogen-bond acceptors (Lipinski definition) is 5. The van der Waals surface area contributed by atoms with Crippen LogP contribution in [0.2, 0.25) is 0 Å². The molecule has 0 aliphatic carbocycles. The average molecular weight is 294 g/mol. The Hall–Kier alpha value is -1.82. The molecule has 1 rings (SSSR count). The van der Waals surface area contributed by atoms with Gasteiger partial charge in [0.15, 0.2) is 0 Å². The monoisotopic (exact) mass is 294 g/mol. The molecule has 0 spiro atoms. The standard InChI is InChI=1S/C15H26N4O2/c1-4-18(5-2)8-7-9-19(6-3)14-10-12(15(20)21)13(16)11-17-14/h10-11H,4-9,16H2,1-3H3,(H,20,21). The van der Waals surface area contributed by atoms with Crippen molar-refractivity contribution in [3.05, 3.63) is 17.8 Å². The first-order valence-corrected chi connectivity index (χ1v) is 7.49. The fraction of sp³-hybridized carbons (Fsp3) is 0.600. The Bertz CT molecular complexity index is 461. The highest BCUT2D eigenvalue weighted by Crippen LogP contribution is 2.18. The minimum Gasteiger partial charge on any atom is -0.478 e. The molecule has 6 heteroatoms. The van der Waals surface area contributed by atoms with Gasteiger partial charge in [-0.2, -0.15) is 0 Å². The first kappa shape index (κ1) is 17.2. The molecule has 0 aliphatic heterocycles. The summed E-state index contributed by atoms with van der Waals surface area (Å²) in [7, 11) is 0. The van der Waals surface area contributed by atoms with E-state index in [0.717, 1.165) is 39.1 Å². The van der Waals surface area contributed by atoms with Gasteiger partial charge in [-0.15, -0.1) is 0 Å². The molecule has 0 aromatic carbocycles. The highest BCUT2D eigenvalue weighted by Gasteiger charge is 2.13. The van der Waals surface area contributed by atoms with Crippen molar-refractivity contribution < 1.29 is 9.90 Å². The van der Waals surface area contributed by atoms with Crippen molar-refractivity contribution in [2.75, 3.05) is 43.4 Å². The number of aromatic nitrogens is 1. The Labute approximate surface area is 126 Å². The number of nitrogens with two attached hydrogens (primary N) is 1. The molecule has 6 nitrogen and oxygen atoms in total. The third-order valence-electron chi connectivity index (χ3n) is 3.65. The topological polar surface area (TPSA) is 82.7 Å². The van der Waals surface area contributed by atoms with Gasteiger partial charge in [-0.3, -0.25) is 0 Å². The summed E-state index contributed by atoms with van der Waals surface area (Å²) in [5.74, 6) is -0.348. The van der Waals surface area contributed by atoms with Crippen molar-refractivity contribution in [3.63, 3.8) is 0 Å². The van der Waals surface area contributed by atoms with Gasteiger partial charge in [0.05, 0.1) is 17.4 Å². The number of carboxylic acids is 1. The molecule has 0 saturated heterocycles. The number of hydrogen-bond donors (Lipinski definition) is 2. The SMILES string of the molecule is CCN(CC)CCCN(CC)c1cc(C(=O)O)c(N)cn1. The second-order valence-corrected chi connectivity index (χ2v) is 4.90. The van der Waals surface area contributed by atoms with Crippen molar-refractivity contribution in [3.8, 4) is 0 Å². The maximum absolute atomic E-state index is 11.1. The molecule has 1 aromatic rings. The summed E-state index contributed by atoms with van der Waals surface area (Å²) in [4.78, 5) is 19.8. The van der Waals surface area contributed by atoms with Crippen LogP contribution in [0.3, 0.4) is 0 Å². The Morgan fingerprint density at radius 2 is 1.90 bits per heavy atom. The maximum atomic E-state index is 11.1. The van der Waals surface area contributed by atoms with E-state index >= 15 is 0 Å². The number of nitrogens with zero attached hydrogens (tertiary/aromatic N) is 3. The van der Waals surface area contributed by atoms with E-state index in [-0.39, 0.29) is 11.3 Å². The lowest BCUT2D eigenvalue weighted by Crippen LogP contribution is -2.30. The first-order valence-electron chi connectivity index (χ1n) is 7.49. The Morgan fingerprint density at radius 3 is 2.43 bits per heavy atom. The van der Waals surface area contributed by atoms with Gasteiger partial charge in [-0.1, -0.05) is 13.8 Å². The molecule has 1 aromatic heterocycles. The smallest absolute Gasteiger partial charge is 0.337 e. The van der Waals surface area contributed by atoms with Crippen LogP contribution < -0.4 is 10.6 Å². The predicted octanol–water partition coefficient (Wildman–Crippen LogP) is 1.92. The number of aromatic carboxylic acids is 1. The van der Waals surface area contributed by atoms with Crippen LogP contribution in [0.4, 0.5) is 11.5 Å². The molecule has 0 amide bonds. The van der Waals surface area contributed by atoms with Crippen LogP contribution in [0.1, 0.15) is 37.6 Å². The quantitative estimate of drug-likeness (QED) is 0.724. The summed E-state index contributed by atoms with van der Waals surface area (Å²) in [5.41, 5.74) is 5.95. The second-order valence-electron chi connectivity index (χ2n) is 4.90.